The largest absolute Gasteiger partial charge is 0.379 e. The molecular weight excluding hydrogens is 312 g/mol. The van der Waals surface area contributed by atoms with Crippen molar-refractivity contribution in [2.75, 3.05) is 52.6 Å². The zero-order valence-corrected chi connectivity index (χ0v) is 16.0. The Bertz CT molecular complexity index is 431. The highest BCUT2D eigenvalue weighted by Gasteiger charge is 2.28. The third-order valence-electron chi connectivity index (χ3n) is 5.78. The smallest absolute Gasteiger partial charge is 0.0663 e. The quantitative estimate of drug-likeness (QED) is 0.657. The molecule has 0 aromatic heterocycles. The van der Waals surface area contributed by atoms with Crippen LogP contribution in [0.15, 0.2) is 23.3 Å². The summed E-state index contributed by atoms with van der Waals surface area (Å²) in [5.74, 6) is 0. The summed E-state index contributed by atoms with van der Waals surface area (Å²) in [6.07, 6.45) is 14.5. The van der Waals surface area contributed by atoms with Crippen LogP contribution in [-0.2, 0) is 9.47 Å². The minimum absolute atomic E-state index is 0.512. The van der Waals surface area contributed by atoms with Crippen molar-refractivity contribution >= 4 is 0 Å². The predicted molar refractivity (Wildman–Crippen MR) is 103 cm³/mol. The minimum atomic E-state index is 0.512. The molecule has 2 saturated heterocycles. The van der Waals surface area contributed by atoms with Crippen LogP contribution in [0.1, 0.15) is 51.9 Å². The fourth-order valence-corrected chi connectivity index (χ4v) is 4.25. The van der Waals surface area contributed by atoms with Crippen molar-refractivity contribution in [3.05, 3.63) is 23.3 Å². The first-order valence-corrected chi connectivity index (χ1v) is 10.3. The molecule has 0 spiro atoms. The van der Waals surface area contributed by atoms with Crippen molar-refractivity contribution in [2.45, 2.75) is 58.0 Å². The van der Waals surface area contributed by atoms with Gasteiger partial charge >= 0.3 is 0 Å². The minimum Gasteiger partial charge on any atom is -0.379 e. The van der Waals surface area contributed by atoms with Gasteiger partial charge in [0.15, 0.2) is 0 Å². The third kappa shape index (κ3) is 6.21. The number of hydrogen-bond acceptors (Lipinski definition) is 4. The molecule has 0 saturated carbocycles. The molecule has 4 heteroatoms. The lowest BCUT2D eigenvalue weighted by Gasteiger charge is -2.43. The highest BCUT2D eigenvalue weighted by molar-refractivity contribution is 5.08. The summed E-state index contributed by atoms with van der Waals surface area (Å²) in [7, 11) is 0. The van der Waals surface area contributed by atoms with Gasteiger partial charge in [0.1, 0.15) is 0 Å². The SMILES string of the molecule is CC(=CCCC1=CCCCC1)CC(N1CCOCC1)N1CCOCC1. The van der Waals surface area contributed by atoms with Crippen LogP contribution < -0.4 is 0 Å². The highest BCUT2D eigenvalue weighted by atomic mass is 16.5. The number of allylic oxidation sites excluding steroid dienone is 3. The first kappa shape index (κ1) is 19.1. The first-order valence-electron chi connectivity index (χ1n) is 10.3. The van der Waals surface area contributed by atoms with Gasteiger partial charge in [0.2, 0.25) is 0 Å². The summed E-state index contributed by atoms with van der Waals surface area (Å²) in [4.78, 5) is 5.24. The van der Waals surface area contributed by atoms with E-state index >= 15 is 0 Å². The third-order valence-corrected chi connectivity index (χ3v) is 5.78. The van der Waals surface area contributed by atoms with Gasteiger partial charge in [0, 0.05) is 26.2 Å². The second-order valence-corrected chi connectivity index (χ2v) is 7.68. The summed E-state index contributed by atoms with van der Waals surface area (Å²) in [5.41, 5.74) is 3.23. The molecule has 3 rings (SSSR count). The number of morpholine rings is 2. The molecule has 2 aliphatic heterocycles. The second-order valence-electron chi connectivity index (χ2n) is 7.68. The molecular formula is C21H36N2O2. The van der Waals surface area contributed by atoms with Crippen LogP contribution in [0.2, 0.25) is 0 Å². The van der Waals surface area contributed by atoms with Crippen molar-refractivity contribution in [1.82, 2.24) is 9.80 Å². The molecule has 0 N–H and O–H groups in total. The average molecular weight is 349 g/mol. The number of hydrogen-bond donors (Lipinski definition) is 0. The van der Waals surface area contributed by atoms with E-state index in [1.807, 2.05) is 0 Å². The standard InChI is InChI=1S/C21H36N2O2/c1-19(6-5-9-20-7-3-2-4-8-20)18-21(22-10-14-24-15-11-22)23-12-16-25-17-13-23/h6-7,21H,2-5,8-18H2,1H3. The van der Waals surface area contributed by atoms with E-state index < -0.39 is 0 Å². The summed E-state index contributed by atoms with van der Waals surface area (Å²) < 4.78 is 11.1. The molecule has 2 fully saturated rings. The maximum Gasteiger partial charge on any atom is 0.0663 e. The molecule has 0 aromatic carbocycles. The Kier molecular flexibility index (Phi) is 7.99. The van der Waals surface area contributed by atoms with Gasteiger partial charge in [-0.15, -0.1) is 0 Å². The van der Waals surface area contributed by atoms with Crippen LogP contribution in [-0.4, -0.2) is 68.6 Å². The summed E-state index contributed by atoms with van der Waals surface area (Å²) in [6, 6.07) is 0. The molecule has 25 heavy (non-hydrogen) atoms. The molecule has 0 radical (unpaired) electrons. The van der Waals surface area contributed by atoms with Crippen LogP contribution in [0.4, 0.5) is 0 Å². The van der Waals surface area contributed by atoms with Crippen molar-refractivity contribution in [2.24, 2.45) is 0 Å². The van der Waals surface area contributed by atoms with Crippen molar-refractivity contribution < 1.29 is 9.47 Å². The van der Waals surface area contributed by atoms with Crippen molar-refractivity contribution in [3.8, 4) is 0 Å². The summed E-state index contributed by atoms with van der Waals surface area (Å²) in [5, 5.41) is 0. The van der Waals surface area contributed by atoms with E-state index in [1.165, 1.54) is 38.5 Å². The molecule has 142 valence electrons. The topological polar surface area (TPSA) is 24.9 Å². The Labute approximate surface area is 153 Å². The lowest BCUT2D eigenvalue weighted by Crippen LogP contribution is -2.55. The summed E-state index contributed by atoms with van der Waals surface area (Å²) in [6.45, 7) is 10.0. The van der Waals surface area contributed by atoms with Gasteiger partial charge in [-0.3, -0.25) is 9.80 Å². The highest BCUT2D eigenvalue weighted by Crippen LogP contribution is 2.23. The van der Waals surface area contributed by atoms with E-state index in [-0.39, 0.29) is 0 Å². The lowest BCUT2D eigenvalue weighted by atomic mass is 9.95. The van der Waals surface area contributed by atoms with E-state index in [0.717, 1.165) is 59.0 Å². The molecule has 3 aliphatic rings. The Morgan fingerprint density at radius 1 is 1.04 bits per heavy atom. The zero-order valence-electron chi connectivity index (χ0n) is 16.0. The van der Waals surface area contributed by atoms with Gasteiger partial charge in [-0.1, -0.05) is 23.3 Å². The summed E-state index contributed by atoms with van der Waals surface area (Å²) >= 11 is 0. The number of ether oxygens (including phenoxy) is 2. The van der Waals surface area contributed by atoms with Gasteiger partial charge in [0.25, 0.3) is 0 Å². The van der Waals surface area contributed by atoms with Gasteiger partial charge in [-0.2, -0.15) is 0 Å². The fourth-order valence-electron chi connectivity index (χ4n) is 4.25. The zero-order chi connectivity index (χ0) is 17.3. The molecule has 1 aliphatic carbocycles. The Morgan fingerprint density at radius 2 is 1.68 bits per heavy atom. The monoisotopic (exact) mass is 348 g/mol. The van der Waals surface area contributed by atoms with E-state index in [1.54, 1.807) is 11.1 Å². The van der Waals surface area contributed by atoms with Gasteiger partial charge in [0.05, 0.1) is 32.6 Å². The fraction of sp³-hybridized carbons (Fsp3) is 0.810. The number of rotatable bonds is 7. The van der Waals surface area contributed by atoms with Crippen LogP contribution >= 0.6 is 0 Å². The molecule has 2 heterocycles. The van der Waals surface area contributed by atoms with E-state index in [4.69, 9.17) is 9.47 Å². The second kappa shape index (κ2) is 10.5. The first-order chi connectivity index (χ1) is 12.3. The Morgan fingerprint density at radius 3 is 2.24 bits per heavy atom. The predicted octanol–water partition coefficient (Wildman–Crippen LogP) is 3.59. The normalized spacial score (nSPS) is 24.6. The lowest BCUT2D eigenvalue weighted by molar-refractivity contribution is -0.0654. The van der Waals surface area contributed by atoms with Crippen molar-refractivity contribution in [3.63, 3.8) is 0 Å². The molecule has 0 aromatic rings. The van der Waals surface area contributed by atoms with E-state index in [2.05, 4.69) is 28.9 Å². The van der Waals surface area contributed by atoms with E-state index in [9.17, 15) is 0 Å². The van der Waals surface area contributed by atoms with Crippen molar-refractivity contribution in [1.29, 1.82) is 0 Å². The van der Waals surface area contributed by atoms with Crippen LogP contribution in [0, 0.1) is 0 Å². The van der Waals surface area contributed by atoms with Gasteiger partial charge < -0.3 is 9.47 Å². The molecule has 4 nitrogen and oxygen atoms in total. The average Bonchev–Trinajstić information content (AvgIpc) is 2.68. The maximum absolute atomic E-state index is 5.57. The molecule has 0 atom stereocenters. The van der Waals surface area contributed by atoms with Crippen LogP contribution in [0.3, 0.4) is 0 Å². The number of nitrogens with zero attached hydrogens (tertiary/aromatic N) is 2. The van der Waals surface area contributed by atoms with Gasteiger partial charge in [-0.25, -0.2) is 0 Å². The van der Waals surface area contributed by atoms with E-state index in [0.29, 0.717) is 6.17 Å². The van der Waals surface area contributed by atoms with Crippen LogP contribution in [0.25, 0.3) is 0 Å². The molecule has 0 amide bonds. The molecule has 0 unspecified atom stereocenters. The molecule has 0 bridgehead atoms. The Balaban J connectivity index is 1.53. The van der Waals surface area contributed by atoms with Crippen LogP contribution in [0.5, 0.6) is 0 Å². The maximum atomic E-state index is 5.57. The Hall–Kier alpha value is -0.680. The van der Waals surface area contributed by atoms with Gasteiger partial charge in [-0.05, 0) is 51.9 Å².